The lowest BCUT2D eigenvalue weighted by Gasteiger charge is -2.28. The minimum Gasteiger partial charge on any atom is -0.497 e. The van der Waals surface area contributed by atoms with Gasteiger partial charge in [0.15, 0.2) is 0 Å². The summed E-state index contributed by atoms with van der Waals surface area (Å²) in [6.45, 7) is 0.814. The highest BCUT2D eigenvalue weighted by molar-refractivity contribution is 5.82. The molecule has 33 heavy (non-hydrogen) atoms. The van der Waals surface area contributed by atoms with E-state index in [-0.39, 0.29) is 0 Å². The third-order valence-corrected chi connectivity index (χ3v) is 5.32. The number of hydrogen-bond donors (Lipinski definition) is 2. The van der Waals surface area contributed by atoms with Crippen LogP contribution in [0.25, 0.3) is 22.3 Å². The van der Waals surface area contributed by atoms with Crippen LogP contribution in [0.1, 0.15) is 0 Å². The number of nitrogens with zero attached hydrogens (tertiary/aromatic N) is 5. The average molecular weight is 449 g/mol. The van der Waals surface area contributed by atoms with Crippen LogP contribution in [0.2, 0.25) is 0 Å². The van der Waals surface area contributed by atoms with Crippen molar-refractivity contribution in [1.82, 2.24) is 25.1 Å². The molecule has 0 saturated carbocycles. The number of benzene rings is 2. The van der Waals surface area contributed by atoms with Gasteiger partial charge < -0.3 is 24.8 Å². The maximum Gasteiger partial charge on any atom is 0.124 e. The van der Waals surface area contributed by atoms with Crippen molar-refractivity contribution in [3.05, 3.63) is 55.0 Å². The lowest BCUT2D eigenvalue weighted by atomic mass is 10.1. The summed E-state index contributed by atoms with van der Waals surface area (Å²) in [5.74, 6) is 1.33. The second-order valence-electron chi connectivity index (χ2n) is 7.72. The molecule has 2 N–H and O–H groups in total. The second kappa shape index (κ2) is 9.85. The number of likely N-dealkylation sites (N-methyl/N-ethyl adjacent to an activating group) is 1. The molecule has 0 aliphatic rings. The molecule has 0 aliphatic heterocycles. The molecule has 172 valence electrons. The number of anilines is 2. The van der Waals surface area contributed by atoms with Gasteiger partial charge in [0, 0.05) is 54.9 Å². The predicted molar refractivity (Wildman–Crippen MR) is 128 cm³/mol. The van der Waals surface area contributed by atoms with E-state index >= 15 is 0 Å². The Labute approximate surface area is 192 Å². The molecular weight excluding hydrogens is 420 g/mol. The van der Waals surface area contributed by atoms with Crippen LogP contribution < -0.4 is 19.7 Å². The number of rotatable bonds is 9. The first-order valence-corrected chi connectivity index (χ1v) is 10.6. The Bertz CT molecular complexity index is 1220. The van der Waals surface area contributed by atoms with Crippen molar-refractivity contribution in [3.8, 4) is 22.8 Å². The molecule has 0 radical (unpaired) electrons. The number of fused-ring (bicyclic) bond motifs is 1. The predicted octanol–water partition coefficient (Wildman–Crippen LogP) is 2.77. The van der Waals surface area contributed by atoms with E-state index in [2.05, 4.69) is 15.4 Å². The Morgan fingerprint density at radius 3 is 2.42 bits per heavy atom. The van der Waals surface area contributed by atoms with Crippen LogP contribution >= 0.6 is 0 Å². The van der Waals surface area contributed by atoms with E-state index < -0.39 is 6.10 Å². The molecule has 2 heterocycles. The second-order valence-corrected chi connectivity index (χ2v) is 7.72. The van der Waals surface area contributed by atoms with E-state index in [1.54, 1.807) is 31.3 Å². The van der Waals surface area contributed by atoms with Crippen molar-refractivity contribution in [3.63, 3.8) is 0 Å². The molecule has 0 saturated heterocycles. The lowest BCUT2D eigenvalue weighted by Crippen LogP contribution is -2.35. The number of aliphatic hydroxyl groups is 1. The van der Waals surface area contributed by atoms with Gasteiger partial charge in [-0.1, -0.05) is 0 Å². The topological polar surface area (TPSA) is 97.6 Å². The molecule has 1 atom stereocenters. The van der Waals surface area contributed by atoms with Crippen LogP contribution in [0, 0.1) is 0 Å². The molecule has 0 bridgehead atoms. The molecule has 0 amide bonds. The van der Waals surface area contributed by atoms with Crippen LogP contribution in [0.5, 0.6) is 11.5 Å². The fraction of sp³-hybridized carbons (Fsp3) is 0.292. The smallest absolute Gasteiger partial charge is 0.124 e. The zero-order valence-corrected chi connectivity index (χ0v) is 19.2. The molecule has 0 aliphatic carbocycles. The van der Waals surface area contributed by atoms with Gasteiger partial charge >= 0.3 is 0 Å². The van der Waals surface area contributed by atoms with Crippen molar-refractivity contribution in [2.75, 3.05) is 39.3 Å². The first-order chi connectivity index (χ1) is 16.0. The summed E-state index contributed by atoms with van der Waals surface area (Å²) in [6, 6.07) is 11.5. The normalized spacial score (nSPS) is 12.0. The van der Waals surface area contributed by atoms with Gasteiger partial charge in [0.05, 0.1) is 56.0 Å². The Balaban J connectivity index is 1.79. The zero-order valence-electron chi connectivity index (χ0n) is 19.2. The van der Waals surface area contributed by atoms with Gasteiger partial charge in [-0.05, 0) is 25.2 Å². The quantitative estimate of drug-likeness (QED) is 0.403. The molecule has 2 aromatic carbocycles. The number of ether oxygens (including phenoxy) is 2. The average Bonchev–Trinajstić information content (AvgIpc) is 3.27. The van der Waals surface area contributed by atoms with Crippen LogP contribution in [-0.2, 0) is 7.05 Å². The van der Waals surface area contributed by atoms with Crippen molar-refractivity contribution in [2.24, 2.45) is 7.05 Å². The molecule has 4 rings (SSSR count). The fourth-order valence-electron chi connectivity index (χ4n) is 3.68. The maximum absolute atomic E-state index is 10.6. The van der Waals surface area contributed by atoms with Crippen molar-refractivity contribution in [2.45, 2.75) is 6.10 Å². The van der Waals surface area contributed by atoms with Crippen LogP contribution in [0.3, 0.4) is 0 Å². The number of nitrogens with one attached hydrogen (secondary N) is 1. The Morgan fingerprint density at radius 2 is 1.79 bits per heavy atom. The molecule has 9 nitrogen and oxygen atoms in total. The molecular formula is C24H28N6O3. The summed E-state index contributed by atoms with van der Waals surface area (Å²) >= 11 is 0. The number of aliphatic hydroxyl groups excluding tert-OH is 1. The number of aryl methyl sites for hydroxylation is 1. The minimum atomic E-state index is -0.601. The van der Waals surface area contributed by atoms with Crippen LogP contribution in [-0.4, -0.2) is 65.3 Å². The largest absolute Gasteiger partial charge is 0.497 e. The van der Waals surface area contributed by atoms with Gasteiger partial charge in [-0.15, -0.1) is 0 Å². The first-order valence-electron chi connectivity index (χ1n) is 10.6. The van der Waals surface area contributed by atoms with Gasteiger partial charge in [0.1, 0.15) is 11.5 Å². The van der Waals surface area contributed by atoms with Gasteiger partial charge in [-0.25, -0.2) is 4.98 Å². The Hall–Kier alpha value is -3.69. The Morgan fingerprint density at radius 1 is 1.03 bits per heavy atom. The van der Waals surface area contributed by atoms with Crippen LogP contribution in [0.15, 0.2) is 55.0 Å². The third-order valence-electron chi connectivity index (χ3n) is 5.32. The summed E-state index contributed by atoms with van der Waals surface area (Å²) in [7, 11) is 6.91. The van der Waals surface area contributed by atoms with E-state index in [1.165, 1.54) is 0 Å². The molecule has 0 unspecified atom stereocenters. The minimum absolute atomic E-state index is 0.360. The summed E-state index contributed by atoms with van der Waals surface area (Å²) in [4.78, 5) is 11.4. The summed E-state index contributed by atoms with van der Waals surface area (Å²) < 4.78 is 12.7. The monoisotopic (exact) mass is 448 g/mol. The molecule has 4 aromatic rings. The third kappa shape index (κ3) is 5.05. The number of hydrogen-bond acceptors (Lipinski definition) is 8. The fourth-order valence-corrected chi connectivity index (χ4v) is 3.68. The summed E-state index contributed by atoms with van der Waals surface area (Å²) in [5, 5.41) is 17.8. The van der Waals surface area contributed by atoms with Crippen LogP contribution in [0.4, 0.5) is 11.4 Å². The maximum atomic E-state index is 10.6. The van der Waals surface area contributed by atoms with Gasteiger partial charge in [-0.3, -0.25) is 9.67 Å². The number of methoxy groups -OCH3 is 2. The van der Waals surface area contributed by atoms with Gasteiger partial charge in [0.25, 0.3) is 0 Å². The van der Waals surface area contributed by atoms with Crippen molar-refractivity contribution < 1.29 is 14.6 Å². The van der Waals surface area contributed by atoms with E-state index in [0.717, 1.165) is 33.7 Å². The highest BCUT2D eigenvalue weighted by Crippen LogP contribution is 2.34. The number of aromatic nitrogens is 4. The van der Waals surface area contributed by atoms with Crippen molar-refractivity contribution >= 4 is 22.4 Å². The van der Waals surface area contributed by atoms with Crippen molar-refractivity contribution in [1.29, 1.82) is 0 Å². The van der Waals surface area contributed by atoms with E-state index in [4.69, 9.17) is 14.5 Å². The highest BCUT2D eigenvalue weighted by Gasteiger charge is 2.17. The van der Waals surface area contributed by atoms with Gasteiger partial charge in [-0.2, -0.15) is 5.10 Å². The summed E-state index contributed by atoms with van der Waals surface area (Å²) in [5.41, 5.74) is 4.87. The Kier molecular flexibility index (Phi) is 6.71. The molecule has 9 heteroatoms. The summed E-state index contributed by atoms with van der Waals surface area (Å²) in [6.07, 6.45) is 4.82. The zero-order chi connectivity index (χ0) is 23.4. The molecule has 0 spiro atoms. The van der Waals surface area contributed by atoms with E-state index in [0.29, 0.717) is 24.6 Å². The van der Waals surface area contributed by atoms with E-state index in [1.807, 2.05) is 61.6 Å². The molecule has 2 aromatic heterocycles. The molecule has 0 fully saturated rings. The van der Waals surface area contributed by atoms with Gasteiger partial charge in [0.2, 0.25) is 0 Å². The lowest BCUT2D eigenvalue weighted by molar-refractivity contribution is 0.182. The highest BCUT2D eigenvalue weighted by atomic mass is 16.5. The van der Waals surface area contributed by atoms with E-state index in [9.17, 15) is 5.11 Å². The SMILES string of the molecule is CNC[C@H](O)CN(c1cc(OC)cc(OC)c1)c1ccc2ncc(-c3cnn(C)c3)nc2c1. The first kappa shape index (κ1) is 22.5. The standard InChI is InChI=1S/C24H28N6O3/c1-25-12-19(31)15-30(18-7-20(32-3)10-21(8-18)33-4)17-5-6-22-23(9-17)28-24(13-26-22)16-11-27-29(2)14-16/h5-11,13-14,19,25,31H,12,15H2,1-4H3/t19-/m0/s1.